The molecule has 0 radical (unpaired) electrons. The van der Waals surface area contributed by atoms with Gasteiger partial charge in [-0.15, -0.1) is 0 Å². The molecule has 0 bridgehead atoms. The number of halogens is 4. The first kappa shape index (κ1) is 31.7. The molecule has 0 unspecified atom stereocenters. The van der Waals surface area contributed by atoms with Crippen molar-refractivity contribution in [1.29, 1.82) is 5.26 Å². The molecular weight excluding hydrogens is 607 g/mol. The number of rotatable bonds is 6. The summed E-state index contributed by atoms with van der Waals surface area (Å²) in [4.78, 5) is 13.2. The van der Waals surface area contributed by atoms with Crippen molar-refractivity contribution in [3.63, 3.8) is 0 Å². The minimum absolute atomic E-state index is 0.0385. The molecule has 12 heteroatoms. The van der Waals surface area contributed by atoms with E-state index < -0.39 is 56.6 Å². The summed E-state index contributed by atoms with van der Waals surface area (Å²) in [6.45, 7) is 5.81. The molecule has 1 amide bonds. The van der Waals surface area contributed by atoms with E-state index in [2.05, 4.69) is 16.7 Å². The number of nitrogens with zero attached hydrogens (tertiary/aromatic N) is 1. The van der Waals surface area contributed by atoms with Crippen LogP contribution in [0.15, 0.2) is 65.6 Å². The van der Waals surface area contributed by atoms with Crippen molar-refractivity contribution in [3.05, 3.63) is 93.5 Å². The molecule has 7 nitrogen and oxygen atoms in total. The maximum atomic E-state index is 15.7. The maximum absolute atomic E-state index is 15.7. The molecule has 42 heavy (non-hydrogen) atoms. The van der Waals surface area contributed by atoms with Gasteiger partial charge in [0.05, 0.1) is 21.9 Å². The van der Waals surface area contributed by atoms with Crippen LogP contribution in [0.1, 0.15) is 44.2 Å². The van der Waals surface area contributed by atoms with Crippen molar-refractivity contribution in [3.8, 4) is 6.07 Å². The highest BCUT2D eigenvalue weighted by Crippen LogP contribution is 2.53. The Bertz CT molecular complexity index is 1660. The summed E-state index contributed by atoms with van der Waals surface area (Å²) in [5, 5.41) is 16.4. The number of ether oxygens (including phenoxy) is 1. The van der Waals surface area contributed by atoms with Gasteiger partial charge in [0.1, 0.15) is 17.0 Å². The molecule has 3 aromatic carbocycles. The van der Waals surface area contributed by atoms with Crippen LogP contribution in [0.4, 0.5) is 19.3 Å². The first-order valence-corrected chi connectivity index (χ1v) is 15.6. The topological polar surface area (TPSA) is 108 Å². The summed E-state index contributed by atoms with van der Waals surface area (Å²) >= 11 is 12.2. The van der Waals surface area contributed by atoms with Gasteiger partial charge in [-0.25, -0.2) is 22.0 Å². The van der Waals surface area contributed by atoms with Gasteiger partial charge < -0.3 is 4.74 Å². The normalized spacial score (nSPS) is 22.4. The molecule has 4 rings (SSSR count). The highest BCUT2D eigenvalue weighted by Gasteiger charge is 2.61. The second-order valence-corrected chi connectivity index (χ2v) is 14.3. The Balaban J connectivity index is 1.83. The molecule has 1 heterocycles. The average Bonchev–Trinajstić information content (AvgIpc) is 3.16. The van der Waals surface area contributed by atoms with Gasteiger partial charge >= 0.3 is 6.09 Å². The number of carbonyl (C=O) groups excluding carboxylic acids is 1. The van der Waals surface area contributed by atoms with E-state index >= 15 is 8.78 Å². The number of amides is 1. The Kier molecular flexibility index (Phi) is 8.91. The summed E-state index contributed by atoms with van der Waals surface area (Å²) in [5.41, 5.74) is -2.01. The summed E-state index contributed by atoms with van der Waals surface area (Å²) in [6, 6.07) is 15.1. The van der Waals surface area contributed by atoms with E-state index in [0.29, 0.717) is 6.42 Å². The van der Waals surface area contributed by atoms with Crippen molar-refractivity contribution in [2.75, 3.05) is 11.6 Å². The minimum atomic E-state index is -3.45. The number of benzene rings is 3. The van der Waals surface area contributed by atoms with Crippen molar-refractivity contribution in [2.24, 2.45) is 5.41 Å². The minimum Gasteiger partial charge on any atom is -0.429 e. The third-order valence-electron chi connectivity index (χ3n) is 7.17. The van der Waals surface area contributed by atoms with Gasteiger partial charge in [0.2, 0.25) is 0 Å². The van der Waals surface area contributed by atoms with Crippen LogP contribution in [-0.4, -0.2) is 33.0 Å². The Morgan fingerprint density at radius 1 is 1.12 bits per heavy atom. The van der Waals surface area contributed by atoms with Crippen molar-refractivity contribution in [2.45, 2.75) is 55.7 Å². The number of anilines is 1. The summed E-state index contributed by atoms with van der Waals surface area (Å²) in [7, 11) is -3.45. The molecule has 1 aliphatic rings. The lowest BCUT2D eigenvalue weighted by Crippen LogP contribution is -2.44. The molecule has 1 aliphatic heterocycles. The lowest BCUT2D eigenvalue weighted by atomic mass is 9.63. The van der Waals surface area contributed by atoms with Crippen LogP contribution in [0, 0.1) is 28.4 Å². The van der Waals surface area contributed by atoms with Crippen LogP contribution in [-0.2, 0) is 20.0 Å². The molecule has 1 saturated heterocycles. The van der Waals surface area contributed by atoms with E-state index in [-0.39, 0.29) is 31.8 Å². The van der Waals surface area contributed by atoms with Crippen LogP contribution in [0.3, 0.4) is 0 Å². The van der Waals surface area contributed by atoms with E-state index in [0.717, 1.165) is 12.3 Å². The average molecular weight is 637 g/mol. The summed E-state index contributed by atoms with van der Waals surface area (Å²) in [5.74, 6) is -2.85. The Labute approximate surface area is 253 Å². The first-order valence-electron chi connectivity index (χ1n) is 12.9. The predicted octanol–water partition coefficient (Wildman–Crippen LogP) is 7.20. The number of carbonyl (C=O) groups is 1. The molecule has 0 spiro atoms. The number of nitriles is 1. The second-order valence-electron chi connectivity index (χ2n) is 11.5. The van der Waals surface area contributed by atoms with Gasteiger partial charge in [-0.3, -0.25) is 10.6 Å². The highest BCUT2D eigenvalue weighted by atomic mass is 35.5. The van der Waals surface area contributed by atoms with Crippen LogP contribution in [0.25, 0.3) is 0 Å². The highest BCUT2D eigenvalue weighted by molar-refractivity contribution is 7.90. The fourth-order valence-corrected chi connectivity index (χ4v) is 6.39. The van der Waals surface area contributed by atoms with Crippen LogP contribution in [0.5, 0.6) is 0 Å². The first-order chi connectivity index (χ1) is 19.6. The monoisotopic (exact) mass is 635 g/mol. The van der Waals surface area contributed by atoms with Crippen molar-refractivity contribution >= 4 is 44.8 Å². The Hall–Kier alpha value is -3.23. The standard InChI is InChI=1S/C30H29Cl2F2N3O4S/c1-29(2,3)15-24-30(16-35,21-13-8-17(31)14-23(21)33)25(20-6-5-7-22(32)26(20)34)27(37-24)41-28(38)36-18-9-11-19(12-10-18)42(4,39)40/h5-14,24-25,27,37H,15H2,1-4H3,(H,36,38)/t24-,25-,27+,30-/m1/s1. The molecule has 0 saturated carbocycles. The SMILES string of the molecule is CC(C)(C)C[C@H]1N[C@@H](OC(=O)Nc2ccc(S(C)(=O)=O)cc2)[C@@H](c2cccc(Cl)c2F)[C@]1(C#N)c1ccc(Cl)cc1F. The van der Waals surface area contributed by atoms with E-state index in [1.165, 1.54) is 54.6 Å². The zero-order valence-electron chi connectivity index (χ0n) is 23.2. The fraction of sp³-hybridized carbons (Fsp3) is 0.333. The lowest BCUT2D eigenvalue weighted by Gasteiger charge is -2.37. The number of nitrogens with one attached hydrogen (secondary N) is 2. The van der Waals surface area contributed by atoms with E-state index in [9.17, 15) is 18.5 Å². The van der Waals surface area contributed by atoms with Gasteiger partial charge in [-0.1, -0.05) is 62.2 Å². The maximum Gasteiger partial charge on any atom is 0.413 e. The molecule has 3 aromatic rings. The van der Waals surface area contributed by atoms with Crippen LogP contribution in [0.2, 0.25) is 10.0 Å². The van der Waals surface area contributed by atoms with Gasteiger partial charge in [-0.05, 0) is 59.9 Å². The largest absolute Gasteiger partial charge is 0.429 e. The van der Waals surface area contributed by atoms with Gasteiger partial charge in [0.25, 0.3) is 0 Å². The second kappa shape index (κ2) is 11.8. The third-order valence-corrected chi connectivity index (χ3v) is 8.82. The molecule has 222 valence electrons. The predicted molar refractivity (Wildman–Crippen MR) is 157 cm³/mol. The molecule has 0 aromatic heterocycles. The molecule has 4 atom stereocenters. The van der Waals surface area contributed by atoms with Crippen LogP contribution >= 0.6 is 23.2 Å². The number of hydrogen-bond acceptors (Lipinski definition) is 6. The third kappa shape index (κ3) is 6.40. The van der Waals surface area contributed by atoms with Gasteiger partial charge in [-0.2, -0.15) is 5.26 Å². The lowest BCUT2D eigenvalue weighted by molar-refractivity contribution is 0.0851. The Morgan fingerprint density at radius 3 is 2.36 bits per heavy atom. The van der Waals surface area contributed by atoms with Crippen molar-refractivity contribution in [1.82, 2.24) is 5.32 Å². The number of hydrogen-bond donors (Lipinski definition) is 2. The smallest absolute Gasteiger partial charge is 0.413 e. The van der Waals surface area contributed by atoms with E-state index in [1.807, 2.05) is 20.8 Å². The summed E-state index contributed by atoms with van der Waals surface area (Å²) in [6.07, 6.45) is -0.901. The molecule has 2 N–H and O–H groups in total. The Morgan fingerprint density at radius 2 is 1.79 bits per heavy atom. The zero-order valence-corrected chi connectivity index (χ0v) is 25.5. The fourth-order valence-electron chi connectivity index (χ4n) is 5.42. The molecule has 0 aliphatic carbocycles. The van der Waals surface area contributed by atoms with E-state index in [1.54, 1.807) is 0 Å². The van der Waals surface area contributed by atoms with Crippen molar-refractivity contribution < 1.29 is 26.7 Å². The molecular formula is C30H29Cl2F2N3O4S. The van der Waals surface area contributed by atoms with E-state index in [4.69, 9.17) is 27.9 Å². The number of sulfone groups is 1. The van der Waals surface area contributed by atoms with Crippen LogP contribution < -0.4 is 10.6 Å². The van der Waals surface area contributed by atoms with Gasteiger partial charge in [0, 0.05) is 28.6 Å². The zero-order chi connectivity index (χ0) is 31.0. The quantitative estimate of drug-likeness (QED) is 0.296. The summed E-state index contributed by atoms with van der Waals surface area (Å²) < 4.78 is 60.7. The van der Waals surface area contributed by atoms with Gasteiger partial charge in [0.15, 0.2) is 16.1 Å². The molecule has 1 fully saturated rings.